The van der Waals surface area contributed by atoms with Crippen LogP contribution in [0.2, 0.25) is 0 Å². The Labute approximate surface area is 133 Å². The number of carbonyl (C=O) groups excluding carboxylic acids is 1. The lowest BCUT2D eigenvalue weighted by atomic mass is 9.78. The van der Waals surface area contributed by atoms with Crippen molar-refractivity contribution >= 4 is 16.1 Å². The summed E-state index contributed by atoms with van der Waals surface area (Å²) in [6, 6.07) is 3.26. The second-order valence-electron chi connectivity index (χ2n) is 7.85. The maximum absolute atomic E-state index is 11.9. The lowest BCUT2D eigenvalue weighted by Gasteiger charge is -2.29. The number of phenols is 1. The average Bonchev–Trinajstić information content (AvgIpc) is 2.26. The predicted octanol–water partition coefficient (Wildman–Crippen LogP) is 3.27. The molecule has 0 aliphatic carbocycles. The van der Waals surface area contributed by atoms with Crippen molar-refractivity contribution in [1.29, 1.82) is 0 Å². The summed E-state index contributed by atoms with van der Waals surface area (Å²) in [4.78, 5) is 11.3. The fraction of sp³-hybridized carbons (Fsp3) is 0.588. The molecule has 0 heterocycles. The Balaban J connectivity index is 3.79. The molecule has 1 aromatic rings. The third-order valence-electron chi connectivity index (χ3n) is 3.66. The normalized spacial score (nSPS) is 14.7. The van der Waals surface area contributed by atoms with E-state index in [4.69, 9.17) is 0 Å². The van der Waals surface area contributed by atoms with Crippen LogP contribution >= 0.6 is 0 Å². The Morgan fingerprint density at radius 1 is 1.00 bits per heavy atom. The number of hydrogen-bond donors (Lipinski definition) is 1. The van der Waals surface area contributed by atoms with E-state index in [0.29, 0.717) is 23.0 Å². The molecule has 4 nitrogen and oxygen atoms in total. The fourth-order valence-corrected chi connectivity index (χ4v) is 3.22. The molecular weight excluding hydrogens is 300 g/mol. The molecule has 0 spiro atoms. The SMILES string of the molecule is CC(C)(C)c1cc(C(C=O)S(C)(=O)=O)cc(C(C)(C)C)c1O. The van der Waals surface area contributed by atoms with Crippen molar-refractivity contribution in [3.05, 3.63) is 28.8 Å². The highest BCUT2D eigenvalue weighted by Crippen LogP contribution is 2.41. The van der Waals surface area contributed by atoms with Gasteiger partial charge in [-0.05, 0) is 39.7 Å². The van der Waals surface area contributed by atoms with Gasteiger partial charge in [-0.2, -0.15) is 0 Å². The van der Waals surface area contributed by atoms with Crippen molar-refractivity contribution in [2.24, 2.45) is 0 Å². The summed E-state index contributed by atoms with van der Waals surface area (Å²) < 4.78 is 23.8. The first-order valence-electron chi connectivity index (χ1n) is 7.21. The molecule has 1 N–H and O–H groups in total. The van der Waals surface area contributed by atoms with E-state index in [0.717, 1.165) is 6.26 Å². The molecule has 124 valence electrons. The monoisotopic (exact) mass is 326 g/mol. The molecule has 0 fully saturated rings. The highest BCUT2D eigenvalue weighted by Gasteiger charge is 2.30. The summed E-state index contributed by atoms with van der Waals surface area (Å²) in [6.07, 6.45) is 1.49. The largest absolute Gasteiger partial charge is 0.507 e. The minimum absolute atomic E-state index is 0.168. The molecule has 1 atom stereocenters. The first-order chi connectivity index (χ1) is 9.69. The molecule has 0 amide bonds. The van der Waals surface area contributed by atoms with Crippen molar-refractivity contribution in [1.82, 2.24) is 0 Å². The Kier molecular flexibility index (Phi) is 4.83. The molecule has 22 heavy (non-hydrogen) atoms. The smallest absolute Gasteiger partial charge is 0.161 e. The average molecular weight is 326 g/mol. The Bertz CT molecular complexity index is 639. The number of benzene rings is 1. The number of rotatable bonds is 3. The van der Waals surface area contributed by atoms with E-state index in [1.165, 1.54) is 0 Å². The van der Waals surface area contributed by atoms with Gasteiger partial charge in [-0.1, -0.05) is 41.5 Å². The Morgan fingerprint density at radius 2 is 1.36 bits per heavy atom. The highest BCUT2D eigenvalue weighted by atomic mass is 32.2. The van der Waals surface area contributed by atoms with Gasteiger partial charge >= 0.3 is 0 Å². The zero-order chi connectivity index (χ0) is 17.5. The van der Waals surface area contributed by atoms with E-state index in [9.17, 15) is 18.3 Å². The molecule has 0 saturated carbocycles. The van der Waals surface area contributed by atoms with Gasteiger partial charge in [-0.25, -0.2) is 8.42 Å². The molecule has 0 bridgehead atoms. The predicted molar refractivity (Wildman–Crippen MR) is 89.2 cm³/mol. The summed E-state index contributed by atoms with van der Waals surface area (Å²) in [5.74, 6) is 0.168. The lowest BCUT2D eigenvalue weighted by molar-refractivity contribution is -0.107. The first kappa shape index (κ1) is 18.7. The number of hydrogen-bond acceptors (Lipinski definition) is 4. The van der Waals surface area contributed by atoms with Crippen LogP contribution < -0.4 is 0 Å². The molecule has 0 aliphatic rings. The van der Waals surface area contributed by atoms with Gasteiger partial charge in [0.25, 0.3) is 0 Å². The van der Waals surface area contributed by atoms with Crippen molar-refractivity contribution < 1.29 is 18.3 Å². The third-order valence-corrected chi connectivity index (χ3v) is 4.97. The number of aldehydes is 1. The summed E-state index contributed by atoms with van der Waals surface area (Å²) in [5, 5.41) is 9.39. The van der Waals surface area contributed by atoms with E-state index in [-0.39, 0.29) is 16.6 Å². The standard InChI is InChI=1S/C17H26O4S/c1-16(2,3)12-8-11(14(10-18)22(7,20)21)9-13(15(12)19)17(4,5)6/h8-10,14,19H,1-7H3. The second kappa shape index (κ2) is 5.69. The van der Waals surface area contributed by atoms with Crippen LogP contribution in [0.3, 0.4) is 0 Å². The van der Waals surface area contributed by atoms with Gasteiger partial charge in [0.1, 0.15) is 17.3 Å². The highest BCUT2D eigenvalue weighted by molar-refractivity contribution is 7.91. The van der Waals surface area contributed by atoms with E-state index >= 15 is 0 Å². The van der Waals surface area contributed by atoms with Gasteiger partial charge in [-0.3, -0.25) is 0 Å². The van der Waals surface area contributed by atoms with Gasteiger partial charge in [0.05, 0.1) is 0 Å². The maximum Gasteiger partial charge on any atom is 0.161 e. The Morgan fingerprint density at radius 3 is 1.59 bits per heavy atom. The summed E-state index contributed by atoms with van der Waals surface area (Å²) in [7, 11) is -3.56. The maximum atomic E-state index is 11.9. The summed E-state index contributed by atoms with van der Waals surface area (Å²) in [5.41, 5.74) is 0.955. The van der Waals surface area contributed by atoms with Crippen LogP contribution in [0.1, 0.15) is 63.5 Å². The van der Waals surface area contributed by atoms with E-state index < -0.39 is 15.1 Å². The van der Waals surface area contributed by atoms with Crippen molar-refractivity contribution in [2.45, 2.75) is 57.6 Å². The minimum atomic E-state index is -3.56. The molecular formula is C17H26O4S. The van der Waals surface area contributed by atoms with Crippen LogP contribution in [0, 0.1) is 0 Å². The van der Waals surface area contributed by atoms with Crippen LogP contribution in [-0.2, 0) is 25.5 Å². The third kappa shape index (κ3) is 3.88. The number of sulfone groups is 1. The molecule has 1 aromatic carbocycles. The molecule has 0 saturated heterocycles. The topological polar surface area (TPSA) is 71.4 Å². The van der Waals surface area contributed by atoms with E-state index in [2.05, 4.69) is 0 Å². The van der Waals surface area contributed by atoms with Crippen LogP contribution in [0.5, 0.6) is 5.75 Å². The van der Waals surface area contributed by atoms with Crippen molar-refractivity contribution in [3.8, 4) is 5.75 Å². The molecule has 0 radical (unpaired) electrons. The Hall–Kier alpha value is -1.36. The zero-order valence-corrected chi connectivity index (χ0v) is 15.2. The fourth-order valence-electron chi connectivity index (χ4n) is 2.39. The zero-order valence-electron chi connectivity index (χ0n) is 14.4. The van der Waals surface area contributed by atoms with Gasteiger partial charge in [-0.15, -0.1) is 0 Å². The van der Waals surface area contributed by atoms with Crippen LogP contribution in [-0.4, -0.2) is 26.1 Å². The van der Waals surface area contributed by atoms with Crippen LogP contribution in [0.4, 0.5) is 0 Å². The number of aromatic hydroxyl groups is 1. The van der Waals surface area contributed by atoms with E-state index in [1.54, 1.807) is 12.1 Å². The second-order valence-corrected chi connectivity index (χ2v) is 10.0. The van der Waals surface area contributed by atoms with Crippen LogP contribution in [0.15, 0.2) is 12.1 Å². The van der Waals surface area contributed by atoms with Crippen molar-refractivity contribution in [2.75, 3.05) is 6.26 Å². The van der Waals surface area contributed by atoms with Crippen molar-refractivity contribution in [3.63, 3.8) is 0 Å². The van der Waals surface area contributed by atoms with Gasteiger partial charge < -0.3 is 9.90 Å². The number of phenolic OH excluding ortho intramolecular Hbond substituents is 1. The molecule has 0 aromatic heterocycles. The van der Waals surface area contributed by atoms with Gasteiger partial charge in [0, 0.05) is 6.26 Å². The number of carbonyl (C=O) groups is 1. The van der Waals surface area contributed by atoms with Crippen LogP contribution in [0.25, 0.3) is 0 Å². The quantitative estimate of drug-likeness (QED) is 0.865. The summed E-state index contributed by atoms with van der Waals surface area (Å²) >= 11 is 0. The molecule has 0 aliphatic heterocycles. The molecule has 5 heteroatoms. The molecule has 1 rings (SSSR count). The van der Waals surface area contributed by atoms with Gasteiger partial charge in [0.2, 0.25) is 0 Å². The van der Waals surface area contributed by atoms with Gasteiger partial charge in [0.15, 0.2) is 9.84 Å². The first-order valence-corrected chi connectivity index (χ1v) is 9.17. The van der Waals surface area contributed by atoms with E-state index in [1.807, 2.05) is 41.5 Å². The summed E-state index contributed by atoms with van der Waals surface area (Å²) in [6.45, 7) is 11.6. The lowest BCUT2D eigenvalue weighted by Crippen LogP contribution is -2.20. The minimum Gasteiger partial charge on any atom is -0.507 e. The molecule has 1 unspecified atom stereocenters.